The molecule has 0 radical (unpaired) electrons. The van der Waals surface area contributed by atoms with Gasteiger partial charge in [-0.3, -0.25) is 9.59 Å². The summed E-state index contributed by atoms with van der Waals surface area (Å²) in [7, 11) is 0. The van der Waals surface area contributed by atoms with Crippen molar-refractivity contribution in [3.63, 3.8) is 0 Å². The Bertz CT molecular complexity index is 1150. The largest absolute Gasteiger partial charge is 0.332 e. The zero-order chi connectivity index (χ0) is 23.4. The van der Waals surface area contributed by atoms with Gasteiger partial charge in [-0.15, -0.1) is 0 Å². The fraction of sp³-hybridized carbons (Fsp3) is 0.160. The van der Waals surface area contributed by atoms with Gasteiger partial charge in [0.05, 0.1) is 12.1 Å². The first-order chi connectivity index (χ1) is 15.9. The van der Waals surface area contributed by atoms with E-state index in [4.69, 9.17) is 11.6 Å². The van der Waals surface area contributed by atoms with Gasteiger partial charge in [0.1, 0.15) is 11.9 Å². The van der Waals surface area contributed by atoms with E-state index in [2.05, 4.69) is 5.32 Å². The van der Waals surface area contributed by atoms with Crippen LogP contribution >= 0.6 is 11.6 Å². The Balaban J connectivity index is 1.55. The minimum absolute atomic E-state index is 0.221. The second kappa shape index (κ2) is 9.83. The van der Waals surface area contributed by atoms with E-state index >= 15 is 0 Å². The van der Waals surface area contributed by atoms with Crippen LogP contribution in [0.15, 0.2) is 78.9 Å². The van der Waals surface area contributed by atoms with Crippen molar-refractivity contribution in [1.82, 2.24) is 4.90 Å². The fourth-order valence-electron chi connectivity index (χ4n) is 3.73. The Hall–Kier alpha value is -3.71. The number of nitrogens with one attached hydrogen (secondary N) is 1. The smallest absolute Gasteiger partial charge is 0.326 e. The van der Waals surface area contributed by atoms with E-state index < -0.39 is 29.7 Å². The van der Waals surface area contributed by atoms with Crippen molar-refractivity contribution < 1.29 is 18.8 Å². The van der Waals surface area contributed by atoms with Crippen LogP contribution in [0.25, 0.3) is 0 Å². The molecule has 3 aromatic rings. The normalized spacial score (nSPS) is 15.8. The Morgan fingerprint density at radius 3 is 2.27 bits per heavy atom. The third-order valence-electron chi connectivity index (χ3n) is 5.39. The first-order valence-corrected chi connectivity index (χ1v) is 10.8. The minimum atomic E-state index is -0.961. The quantitative estimate of drug-likeness (QED) is 0.505. The van der Waals surface area contributed by atoms with Crippen LogP contribution in [0.3, 0.4) is 0 Å². The average Bonchev–Trinajstić information content (AvgIpc) is 3.04. The highest BCUT2D eigenvalue weighted by molar-refractivity contribution is 6.30. The molecule has 0 aromatic heterocycles. The van der Waals surface area contributed by atoms with Crippen molar-refractivity contribution in [3.8, 4) is 0 Å². The molecule has 6 nitrogen and oxygen atoms in total. The van der Waals surface area contributed by atoms with E-state index in [1.165, 1.54) is 29.2 Å². The highest BCUT2D eigenvalue weighted by Crippen LogP contribution is 2.28. The molecule has 4 rings (SSSR count). The van der Waals surface area contributed by atoms with Crippen molar-refractivity contribution in [2.24, 2.45) is 0 Å². The molecule has 168 valence electrons. The second-order valence-corrected chi connectivity index (χ2v) is 8.07. The molecule has 0 aliphatic carbocycles. The Morgan fingerprint density at radius 2 is 1.61 bits per heavy atom. The van der Waals surface area contributed by atoms with Crippen molar-refractivity contribution >= 4 is 40.8 Å². The molecule has 8 heteroatoms. The standard InChI is InChI=1S/C25H21ClFN3O3/c26-18-6-12-21(13-7-18)30-24(32)22(16-23(31)28-20-10-8-19(27)9-11-20)29(25(30)33)15-14-17-4-2-1-3-5-17/h1-13,22H,14-16H2,(H,28,31)/t22-/m0/s1. The molecule has 1 aliphatic heterocycles. The first-order valence-electron chi connectivity index (χ1n) is 10.4. The van der Waals surface area contributed by atoms with E-state index in [-0.39, 0.29) is 13.0 Å². The number of nitrogens with zero attached hydrogens (tertiary/aromatic N) is 2. The van der Waals surface area contributed by atoms with E-state index in [1.807, 2.05) is 30.3 Å². The van der Waals surface area contributed by atoms with E-state index in [1.54, 1.807) is 24.3 Å². The van der Waals surface area contributed by atoms with E-state index in [9.17, 15) is 18.8 Å². The fourth-order valence-corrected chi connectivity index (χ4v) is 3.86. The summed E-state index contributed by atoms with van der Waals surface area (Å²) in [5.41, 5.74) is 1.81. The predicted octanol–water partition coefficient (Wildman–Crippen LogP) is 4.89. The van der Waals surface area contributed by atoms with Crippen LogP contribution in [0.1, 0.15) is 12.0 Å². The number of amides is 4. The first kappa shape index (κ1) is 22.5. The molecular weight excluding hydrogens is 445 g/mol. The molecule has 3 aromatic carbocycles. The molecule has 0 unspecified atom stereocenters. The van der Waals surface area contributed by atoms with Gasteiger partial charge in [-0.1, -0.05) is 41.9 Å². The Morgan fingerprint density at radius 1 is 0.939 bits per heavy atom. The summed E-state index contributed by atoms with van der Waals surface area (Å²) in [5, 5.41) is 3.14. The maximum absolute atomic E-state index is 13.3. The number of urea groups is 1. The molecule has 0 bridgehead atoms. The van der Waals surface area contributed by atoms with Crippen LogP contribution in [0.4, 0.5) is 20.6 Å². The van der Waals surface area contributed by atoms with Gasteiger partial charge in [-0.05, 0) is 60.5 Å². The van der Waals surface area contributed by atoms with Crippen molar-refractivity contribution in [2.75, 3.05) is 16.8 Å². The van der Waals surface area contributed by atoms with Gasteiger partial charge in [0, 0.05) is 17.3 Å². The van der Waals surface area contributed by atoms with E-state index in [0.29, 0.717) is 22.8 Å². The third-order valence-corrected chi connectivity index (χ3v) is 5.65. The van der Waals surface area contributed by atoms with E-state index in [0.717, 1.165) is 10.5 Å². The highest BCUT2D eigenvalue weighted by atomic mass is 35.5. The highest BCUT2D eigenvalue weighted by Gasteiger charge is 2.46. The molecular formula is C25H21ClFN3O3. The molecule has 0 spiro atoms. The van der Waals surface area contributed by atoms with Crippen LogP contribution in [-0.2, 0) is 16.0 Å². The number of hydrogen-bond acceptors (Lipinski definition) is 3. The lowest BCUT2D eigenvalue weighted by Gasteiger charge is -2.21. The Kier molecular flexibility index (Phi) is 6.70. The van der Waals surface area contributed by atoms with Crippen LogP contribution in [-0.4, -0.2) is 35.3 Å². The lowest BCUT2D eigenvalue weighted by molar-refractivity contribution is -0.124. The number of imide groups is 1. The molecule has 1 N–H and O–H groups in total. The maximum Gasteiger partial charge on any atom is 0.332 e. The number of benzene rings is 3. The molecule has 1 aliphatic rings. The summed E-state index contributed by atoms with van der Waals surface area (Å²) in [4.78, 5) is 41.7. The molecule has 1 atom stereocenters. The monoisotopic (exact) mass is 465 g/mol. The SMILES string of the molecule is O=C(C[C@H]1C(=O)N(c2ccc(Cl)cc2)C(=O)N1CCc1ccccc1)Nc1ccc(F)cc1. The molecule has 33 heavy (non-hydrogen) atoms. The van der Waals surface area contributed by atoms with Crippen molar-refractivity contribution in [1.29, 1.82) is 0 Å². The van der Waals surface area contributed by atoms with Gasteiger partial charge in [0.15, 0.2) is 0 Å². The number of carbonyl (C=O) groups excluding carboxylic acids is 3. The van der Waals surface area contributed by atoms with Gasteiger partial charge in [-0.25, -0.2) is 14.1 Å². The summed E-state index contributed by atoms with van der Waals surface area (Å²) in [6.45, 7) is 0.271. The molecule has 1 heterocycles. The maximum atomic E-state index is 13.3. The van der Waals surface area contributed by atoms with Gasteiger partial charge >= 0.3 is 6.03 Å². The summed E-state index contributed by atoms with van der Waals surface area (Å²) >= 11 is 5.95. The Labute approximate surface area is 195 Å². The topological polar surface area (TPSA) is 69.7 Å². The summed E-state index contributed by atoms with van der Waals surface area (Å²) in [5.74, 6) is -1.35. The second-order valence-electron chi connectivity index (χ2n) is 7.64. The number of hydrogen-bond donors (Lipinski definition) is 1. The van der Waals surface area contributed by atoms with Gasteiger partial charge in [-0.2, -0.15) is 0 Å². The summed E-state index contributed by atoms with van der Waals surface area (Å²) in [6, 6.07) is 19.8. The van der Waals surface area contributed by atoms with Crippen LogP contribution in [0.2, 0.25) is 5.02 Å². The lowest BCUT2D eigenvalue weighted by Crippen LogP contribution is -2.39. The van der Waals surface area contributed by atoms with Crippen LogP contribution in [0.5, 0.6) is 0 Å². The van der Waals surface area contributed by atoms with Crippen molar-refractivity contribution in [2.45, 2.75) is 18.9 Å². The molecule has 0 saturated carbocycles. The predicted molar refractivity (Wildman–Crippen MR) is 125 cm³/mol. The van der Waals surface area contributed by atoms with Gasteiger partial charge in [0.2, 0.25) is 5.91 Å². The zero-order valence-corrected chi connectivity index (χ0v) is 18.3. The lowest BCUT2D eigenvalue weighted by atomic mass is 10.1. The summed E-state index contributed by atoms with van der Waals surface area (Å²) < 4.78 is 13.1. The molecule has 1 fully saturated rings. The van der Waals surface area contributed by atoms with Gasteiger partial charge < -0.3 is 10.2 Å². The number of anilines is 2. The van der Waals surface area contributed by atoms with Gasteiger partial charge in [0.25, 0.3) is 5.91 Å². The minimum Gasteiger partial charge on any atom is -0.326 e. The zero-order valence-electron chi connectivity index (χ0n) is 17.6. The third kappa shape index (κ3) is 5.21. The number of carbonyl (C=O) groups is 3. The summed E-state index contributed by atoms with van der Waals surface area (Å²) in [6.07, 6.45) is 0.311. The molecule has 4 amide bonds. The van der Waals surface area contributed by atoms with Crippen LogP contribution in [0, 0.1) is 5.82 Å². The van der Waals surface area contributed by atoms with Crippen molar-refractivity contribution in [3.05, 3.63) is 95.3 Å². The average molecular weight is 466 g/mol. The molecule has 1 saturated heterocycles. The van der Waals surface area contributed by atoms with Crippen LogP contribution < -0.4 is 10.2 Å². The number of rotatable bonds is 7. The number of halogens is 2.